The third kappa shape index (κ3) is 1.76. The Kier molecular flexibility index (Phi) is 2.37. The van der Waals surface area contributed by atoms with Crippen LogP contribution in [0.1, 0.15) is 12.5 Å². The lowest BCUT2D eigenvalue weighted by atomic mass is 9.90. The van der Waals surface area contributed by atoms with Crippen LogP contribution in [0.3, 0.4) is 0 Å². The number of nitrogen functional groups attached to an aromatic ring is 1. The summed E-state index contributed by atoms with van der Waals surface area (Å²) >= 11 is 0. The van der Waals surface area contributed by atoms with Crippen LogP contribution in [0.15, 0.2) is 6.07 Å². The molecule has 0 amide bonds. The molecule has 0 saturated carbocycles. The average Bonchev–Trinajstić information content (AvgIpc) is 2.67. The molecular formula is C11H15N5O2. The highest BCUT2D eigenvalue weighted by atomic mass is 16.5. The Bertz CT molecular complexity index is 590. The van der Waals surface area contributed by atoms with E-state index >= 15 is 0 Å². The third-order valence-electron chi connectivity index (χ3n) is 3.03. The quantitative estimate of drug-likeness (QED) is 0.848. The molecule has 2 aromatic heterocycles. The van der Waals surface area contributed by atoms with Gasteiger partial charge in [-0.15, -0.1) is 15.3 Å². The SMILES string of the molecule is Cc1cc(OCC2(C)COC2)nn2c(N)nnc12. The minimum absolute atomic E-state index is 0.0866. The van der Waals surface area contributed by atoms with E-state index in [0.29, 0.717) is 18.1 Å². The van der Waals surface area contributed by atoms with Crippen LogP contribution in [0, 0.1) is 12.3 Å². The van der Waals surface area contributed by atoms with Crippen molar-refractivity contribution in [3.63, 3.8) is 0 Å². The van der Waals surface area contributed by atoms with E-state index in [1.165, 1.54) is 4.52 Å². The van der Waals surface area contributed by atoms with Crippen LogP contribution in [-0.2, 0) is 4.74 Å². The van der Waals surface area contributed by atoms with Crippen molar-refractivity contribution in [3.05, 3.63) is 11.6 Å². The number of hydrogen-bond donors (Lipinski definition) is 1. The molecule has 0 atom stereocenters. The molecule has 7 heteroatoms. The maximum atomic E-state index is 5.70. The number of fused-ring (bicyclic) bond motifs is 1. The number of nitrogens with zero attached hydrogens (tertiary/aromatic N) is 4. The first kappa shape index (κ1) is 11.2. The van der Waals surface area contributed by atoms with Crippen LogP contribution in [-0.4, -0.2) is 39.6 Å². The summed E-state index contributed by atoms with van der Waals surface area (Å²) in [6.07, 6.45) is 0. The largest absolute Gasteiger partial charge is 0.476 e. The van der Waals surface area contributed by atoms with E-state index in [0.717, 1.165) is 18.8 Å². The minimum atomic E-state index is 0.0866. The van der Waals surface area contributed by atoms with Gasteiger partial charge in [0.15, 0.2) is 5.65 Å². The van der Waals surface area contributed by atoms with Gasteiger partial charge >= 0.3 is 0 Å². The number of ether oxygens (including phenoxy) is 2. The number of aryl methyl sites for hydroxylation is 1. The monoisotopic (exact) mass is 249 g/mol. The van der Waals surface area contributed by atoms with Crippen molar-refractivity contribution in [1.82, 2.24) is 19.8 Å². The molecule has 0 unspecified atom stereocenters. The molecule has 96 valence electrons. The first-order chi connectivity index (χ1) is 8.57. The number of aromatic nitrogens is 4. The Morgan fingerprint density at radius 1 is 1.50 bits per heavy atom. The standard InChI is InChI=1S/C11H15N5O2/c1-7-3-8(18-6-11(2)4-17-5-11)15-16-9(7)13-14-10(16)12/h3H,4-6H2,1-2H3,(H2,12,14). The molecule has 2 aromatic rings. The molecule has 7 nitrogen and oxygen atoms in total. The zero-order valence-electron chi connectivity index (χ0n) is 10.4. The van der Waals surface area contributed by atoms with E-state index in [2.05, 4.69) is 22.2 Å². The average molecular weight is 249 g/mol. The molecule has 1 aliphatic heterocycles. The van der Waals surface area contributed by atoms with Crippen LogP contribution >= 0.6 is 0 Å². The molecule has 0 spiro atoms. The maximum Gasteiger partial charge on any atom is 0.243 e. The summed E-state index contributed by atoms with van der Waals surface area (Å²) in [7, 11) is 0. The van der Waals surface area contributed by atoms with Gasteiger partial charge in [0.05, 0.1) is 19.8 Å². The zero-order chi connectivity index (χ0) is 12.8. The van der Waals surface area contributed by atoms with E-state index in [1.807, 2.05) is 13.0 Å². The lowest BCUT2D eigenvalue weighted by Gasteiger charge is -2.37. The maximum absolute atomic E-state index is 5.70. The van der Waals surface area contributed by atoms with Crippen molar-refractivity contribution in [2.75, 3.05) is 25.6 Å². The molecule has 0 aromatic carbocycles. The number of nitrogens with two attached hydrogens (primary N) is 1. The summed E-state index contributed by atoms with van der Waals surface area (Å²) in [5.74, 6) is 0.788. The van der Waals surface area contributed by atoms with Crippen LogP contribution in [0.4, 0.5) is 5.95 Å². The lowest BCUT2D eigenvalue weighted by Crippen LogP contribution is -2.44. The van der Waals surface area contributed by atoms with Crippen molar-refractivity contribution >= 4 is 11.6 Å². The first-order valence-corrected chi connectivity index (χ1v) is 5.76. The Hall–Kier alpha value is -1.89. The van der Waals surface area contributed by atoms with Crippen molar-refractivity contribution in [2.45, 2.75) is 13.8 Å². The fourth-order valence-electron chi connectivity index (χ4n) is 1.87. The van der Waals surface area contributed by atoms with Crippen LogP contribution in [0.5, 0.6) is 5.88 Å². The van der Waals surface area contributed by atoms with Gasteiger partial charge in [-0.2, -0.15) is 4.52 Å². The van der Waals surface area contributed by atoms with Gasteiger partial charge in [-0.25, -0.2) is 0 Å². The second-order valence-electron chi connectivity index (χ2n) is 5.05. The van der Waals surface area contributed by atoms with Crippen molar-refractivity contribution in [2.24, 2.45) is 5.41 Å². The van der Waals surface area contributed by atoms with Crippen LogP contribution in [0.2, 0.25) is 0 Å². The van der Waals surface area contributed by atoms with Crippen molar-refractivity contribution in [3.8, 4) is 5.88 Å². The number of hydrogen-bond acceptors (Lipinski definition) is 6. The van der Waals surface area contributed by atoms with Gasteiger partial charge in [0.1, 0.15) is 0 Å². The highest BCUT2D eigenvalue weighted by molar-refractivity contribution is 5.49. The Balaban J connectivity index is 1.85. The molecule has 0 radical (unpaired) electrons. The molecule has 2 N–H and O–H groups in total. The normalized spacial score (nSPS) is 17.7. The lowest BCUT2D eigenvalue weighted by molar-refractivity contribution is -0.120. The summed E-state index contributed by atoms with van der Waals surface area (Å²) in [5, 5.41) is 12.0. The summed E-state index contributed by atoms with van der Waals surface area (Å²) in [4.78, 5) is 0. The van der Waals surface area contributed by atoms with Gasteiger partial charge in [-0.05, 0) is 6.92 Å². The van der Waals surface area contributed by atoms with Gasteiger partial charge in [0.25, 0.3) is 0 Å². The van der Waals surface area contributed by atoms with Gasteiger partial charge in [0.2, 0.25) is 11.8 Å². The van der Waals surface area contributed by atoms with E-state index in [1.54, 1.807) is 0 Å². The van der Waals surface area contributed by atoms with E-state index in [-0.39, 0.29) is 11.4 Å². The fourth-order valence-corrected chi connectivity index (χ4v) is 1.87. The van der Waals surface area contributed by atoms with Crippen molar-refractivity contribution < 1.29 is 9.47 Å². The number of rotatable bonds is 3. The van der Waals surface area contributed by atoms with Gasteiger partial charge in [-0.1, -0.05) is 6.92 Å². The zero-order valence-corrected chi connectivity index (χ0v) is 10.4. The Labute approximate surface area is 104 Å². The predicted octanol–water partition coefficient (Wildman–Crippen LogP) is 0.430. The van der Waals surface area contributed by atoms with Crippen LogP contribution < -0.4 is 10.5 Å². The summed E-state index contributed by atoms with van der Waals surface area (Å²) in [5.41, 5.74) is 7.35. The number of anilines is 1. The summed E-state index contributed by atoms with van der Waals surface area (Å²) < 4.78 is 12.4. The smallest absolute Gasteiger partial charge is 0.243 e. The summed E-state index contributed by atoms with van der Waals surface area (Å²) in [6, 6.07) is 1.84. The highest BCUT2D eigenvalue weighted by Gasteiger charge is 2.34. The second-order valence-corrected chi connectivity index (χ2v) is 5.05. The predicted molar refractivity (Wildman–Crippen MR) is 64.4 cm³/mol. The summed E-state index contributed by atoms with van der Waals surface area (Å²) in [6.45, 7) is 6.07. The van der Waals surface area contributed by atoms with E-state index < -0.39 is 0 Å². The molecule has 3 heterocycles. The molecule has 1 aliphatic rings. The fraction of sp³-hybridized carbons (Fsp3) is 0.545. The topological polar surface area (TPSA) is 87.6 Å². The van der Waals surface area contributed by atoms with Gasteiger partial charge in [0, 0.05) is 17.0 Å². The molecule has 0 bridgehead atoms. The molecule has 3 rings (SSSR count). The van der Waals surface area contributed by atoms with Crippen molar-refractivity contribution in [1.29, 1.82) is 0 Å². The second kappa shape index (κ2) is 3.81. The highest BCUT2D eigenvalue weighted by Crippen LogP contribution is 2.27. The Morgan fingerprint density at radius 3 is 2.94 bits per heavy atom. The minimum Gasteiger partial charge on any atom is -0.476 e. The van der Waals surface area contributed by atoms with E-state index in [4.69, 9.17) is 15.2 Å². The molecule has 1 saturated heterocycles. The Morgan fingerprint density at radius 2 is 2.28 bits per heavy atom. The van der Waals surface area contributed by atoms with Gasteiger partial charge < -0.3 is 15.2 Å². The van der Waals surface area contributed by atoms with E-state index in [9.17, 15) is 0 Å². The molecular weight excluding hydrogens is 234 g/mol. The van der Waals surface area contributed by atoms with Crippen LogP contribution in [0.25, 0.3) is 5.65 Å². The third-order valence-corrected chi connectivity index (χ3v) is 3.03. The molecule has 1 fully saturated rings. The van der Waals surface area contributed by atoms with Gasteiger partial charge in [-0.3, -0.25) is 0 Å². The molecule has 18 heavy (non-hydrogen) atoms. The molecule has 0 aliphatic carbocycles. The first-order valence-electron chi connectivity index (χ1n) is 5.76.